The molecule has 8 heteroatoms. The molecular formula is C23H27N5O2S. The molecule has 1 heterocycles. The van der Waals surface area contributed by atoms with E-state index in [2.05, 4.69) is 27.8 Å². The molecule has 0 radical (unpaired) electrons. The zero-order chi connectivity index (χ0) is 22.4. The first-order valence-electron chi connectivity index (χ1n) is 10.1. The molecule has 0 saturated carbocycles. The van der Waals surface area contributed by atoms with Crippen LogP contribution in [0.5, 0.6) is 0 Å². The lowest BCUT2D eigenvalue weighted by Gasteiger charge is -2.12. The van der Waals surface area contributed by atoms with E-state index in [1.54, 1.807) is 10.6 Å². The monoisotopic (exact) mass is 437 g/mol. The first-order chi connectivity index (χ1) is 14.9. The Morgan fingerprint density at radius 3 is 2.61 bits per heavy atom. The third kappa shape index (κ3) is 5.73. The van der Waals surface area contributed by atoms with E-state index in [4.69, 9.17) is 0 Å². The number of amides is 2. The van der Waals surface area contributed by atoms with E-state index in [0.717, 1.165) is 28.8 Å². The number of anilines is 1. The fourth-order valence-corrected chi connectivity index (χ4v) is 3.91. The fraction of sp³-hybridized carbons (Fsp3) is 0.304. The Balaban J connectivity index is 1.56. The number of carbonyl (C=O) groups excluding carboxylic acids is 2. The molecule has 0 fully saturated rings. The number of carbonyl (C=O) groups is 2. The van der Waals surface area contributed by atoms with Crippen LogP contribution in [0.2, 0.25) is 0 Å². The van der Waals surface area contributed by atoms with Crippen LogP contribution in [0.1, 0.15) is 39.8 Å². The van der Waals surface area contributed by atoms with Gasteiger partial charge in [0.2, 0.25) is 5.91 Å². The van der Waals surface area contributed by atoms with E-state index in [9.17, 15) is 9.59 Å². The second kappa shape index (κ2) is 10.3. The van der Waals surface area contributed by atoms with Gasteiger partial charge in [-0.3, -0.25) is 9.59 Å². The molecule has 162 valence electrons. The number of rotatable bonds is 8. The second-order valence-corrected chi connectivity index (χ2v) is 8.25. The maximum atomic E-state index is 12.5. The summed E-state index contributed by atoms with van der Waals surface area (Å²) in [6, 6.07) is 13.4. The number of nitrogens with zero attached hydrogens (tertiary/aromatic N) is 3. The van der Waals surface area contributed by atoms with Crippen molar-refractivity contribution in [2.75, 3.05) is 11.1 Å². The number of benzene rings is 2. The van der Waals surface area contributed by atoms with Gasteiger partial charge in [0.05, 0.1) is 12.3 Å². The van der Waals surface area contributed by atoms with Crippen molar-refractivity contribution < 1.29 is 9.59 Å². The molecule has 1 aromatic heterocycles. The Morgan fingerprint density at radius 2 is 1.87 bits per heavy atom. The van der Waals surface area contributed by atoms with Crippen LogP contribution in [0.15, 0.2) is 47.6 Å². The predicted molar refractivity (Wildman–Crippen MR) is 123 cm³/mol. The largest absolute Gasteiger partial charge is 0.345 e. The lowest BCUT2D eigenvalue weighted by molar-refractivity contribution is -0.113. The molecule has 0 spiro atoms. The smallest absolute Gasteiger partial charge is 0.251 e. The summed E-state index contributed by atoms with van der Waals surface area (Å²) in [4.78, 5) is 24.8. The minimum atomic E-state index is -0.162. The summed E-state index contributed by atoms with van der Waals surface area (Å²) >= 11 is 1.31. The third-order valence-corrected chi connectivity index (χ3v) is 5.97. The Bertz CT molecular complexity index is 1090. The molecule has 0 aliphatic heterocycles. The molecule has 0 aliphatic carbocycles. The molecule has 3 rings (SSSR count). The normalized spacial score (nSPS) is 10.7. The molecule has 7 nitrogen and oxygen atoms in total. The van der Waals surface area contributed by atoms with E-state index in [1.807, 2.05) is 57.3 Å². The molecule has 2 N–H and O–H groups in total. The van der Waals surface area contributed by atoms with Crippen LogP contribution in [0.4, 0.5) is 5.69 Å². The SMILES string of the molecule is CCc1cccc(C)c1NC(=O)CSc1nnc(CNC(=O)c2cccc(C)c2)n1C. The Hall–Kier alpha value is -3.13. The van der Waals surface area contributed by atoms with Crippen LogP contribution < -0.4 is 10.6 Å². The van der Waals surface area contributed by atoms with Crippen molar-refractivity contribution in [2.24, 2.45) is 7.05 Å². The molecule has 31 heavy (non-hydrogen) atoms. The van der Waals surface area contributed by atoms with Crippen LogP contribution in [0, 0.1) is 13.8 Å². The first kappa shape index (κ1) is 22.6. The summed E-state index contributed by atoms with van der Waals surface area (Å²) in [5, 5.41) is 14.8. The van der Waals surface area contributed by atoms with Crippen molar-refractivity contribution >= 4 is 29.3 Å². The summed E-state index contributed by atoms with van der Waals surface area (Å²) in [7, 11) is 1.82. The van der Waals surface area contributed by atoms with Crippen molar-refractivity contribution in [1.82, 2.24) is 20.1 Å². The van der Waals surface area contributed by atoms with E-state index < -0.39 is 0 Å². The average Bonchev–Trinajstić information content (AvgIpc) is 3.11. The Morgan fingerprint density at radius 1 is 1.10 bits per heavy atom. The van der Waals surface area contributed by atoms with E-state index in [0.29, 0.717) is 16.5 Å². The van der Waals surface area contributed by atoms with Crippen LogP contribution in [0.25, 0.3) is 0 Å². The van der Waals surface area contributed by atoms with Crippen molar-refractivity contribution in [3.05, 3.63) is 70.5 Å². The lowest BCUT2D eigenvalue weighted by atomic mass is 10.1. The van der Waals surface area contributed by atoms with E-state index in [-0.39, 0.29) is 24.1 Å². The van der Waals surface area contributed by atoms with Gasteiger partial charge in [0.25, 0.3) is 5.91 Å². The second-order valence-electron chi connectivity index (χ2n) is 7.31. The molecule has 0 bridgehead atoms. The minimum absolute atomic E-state index is 0.0914. The lowest BCUT2D eigenvalue weighted by Crippen LogP contribution is -2.24. The highest BCUT2D eigenvalue weighted by Crippen LogP contribution is 2.22. The van der Waals surface area contributed by atoms with Crippen LogP contribution >= 0.6 is 11.8 Å². The van der Waals surface area contributed by atoms with Crippen molar-refractivity contribution in [3.8, 4) is 0 Å². The maximum absolute atomic E-state index is 12.5. The number of aromatic nitrogens is 3. The Labute approximate surface area is 186 Å². The summed E-state index contributed by atoms with van der Waals surface area (Å²) in [5.74, 6) is 0.590. The van der Waals surface area contributed by atoms with Crippen LogP contribution in [-0.4, -0.2) is 32.3 Å². The van der Waals surface area contributed by atoms with Gasteiger partial charge in [-0.15, -0.1) is 10.2 Å². The molecule has 0 aliphatic rings. The highest BCUT2D eigenvalue weighted by Gasteiger charge is 2.14. The minimum Gasteiger partial charge on any atom is -0.345 e. The predicted octanol–water partition coefficient (Wildman–Crippen LogP) is 3.66. The quantitative estimate of drug-likeness (QED) is 0.525. The van der Waals surface area contributed by atoms with Crippen LogP contribution in [-0.2, 0) is 24.8 Å². The zero-order valence-electron chi connectivity index (χ0n) is 18.2. The summed E-state index contributed by atoms with van der Waals surface area (Å²) in [6.45, 7) is 6.26. The van der Waals surface area contributed by atoms with Gasteiger partial charge in [-0.05, 0) is 43.5 Å². The number of thioether (sulfide) groups is 1. The number of hydrogen-bond donors (Lipinski definition) is 2. The summed E-state index contributed by atoms with van der Waals surface area (Å²) in [5.41, 5.74) is 4.68. The van der Waals surface area contributed by atoms with Gasteiger partial charge in [-0.2, -0.15) is 0 Å². The fourth-order valence-electron chi connectivity index (χ4n) is 3.18. The third-order valence-electron chi connectivity index (χ3n) is 4.95. The highest BCUT2D eigenvalue weighted by atomic mass is 32.2. The van der Waals surface area contributed by atoms with Crippen molar-refractivity contribution in [2.45, 2.75) is 38.9 Å². The van der Waals surface area contributed by atoms with Crippen molar-refractivity contribution in [1.29, 1.82) is 0 Å². The number of aryl methyl sites for hydroxylation is 3. The van der Waals surface area contributed by atoms with Gasteiger partial charge in [0.15, 0.2) is 11.0 Å². The topological polar surface area (TPSA) is 88.9 Å². The average molecular weight is 438 g/mol. The van der Waals surface area contributed by atoms with Gasteiger partial charge >= 0.3 is 0 Å². The number of hydrogen-bond acceptors (Lipinski definition) is 5. The zero-order valence-corrected chi connectivity index (χ0v) is 19.0. The standard InChI is InChI=1S/C23H27N5O2S/c1-5-17-10-7-9-16(3)21(17)25-20(29)14-31-23-27-26-19(28(23)4)13-24-22(30)18-11-6-8-15(2)12-18/h6-12H,5,13-14H2,1-4H3,(H,24,30)(H,25,29). The summed E-state index contributed by atoms with van der Waals surface area (Å²) in [6.07, 6.45) is 0.853. The number of nitrogens with one attached hydrogen (secondary N) is 2. The van der Waals surface area contributed by atoms with Gasteiger partial charge in [0, 0.05) is 18.3 Å². The Kier molecular flexibility index (Phi) is 7.46. The number of para-hydroxylation sites is 1. The van der Waals surface area contributed by atoms with Crippen molar-refractivity contribution in [3.63, 3.8) is 0 Å². The molecule has 2 aromatic carbocycles. The molecule has 0 saturated heterocycles. The maximum Gasteiger partial charge on any atom is 0.251 e. The van der Waals surface area contributed by atoms with Crippen LogP contribution in [0.3, 0.4) is 0 Å². The molecule has 0 atom stereocenters. The van der Waals surface area contributed by atoms with Gasteiger partial charge in [0.1, 0.15) is 0 Å². The molecule has 3 aromatic rings. The molecule has 0 unspecified atom stereocenters. The van der Waals surface area contributed by atoms with Gasteiger partial charge in [-0.25, -0.2) is 0 Å². The first-order valence-corrected chi connectivity index (χ1v) is 11.1. The van der Waals surface area contributed by atoms with Gasteiger partial charge in [-0.1, -0.05) is 54.6 Å². The molecular weight excluding hydrogens is 410 g/mol. The highest BCUT2D eigenvalue weighted by molar-refractivity contribution is 7.99. The van der Waals surface area contributed by atoms with Gasteiger partial charge < -0.3 is 15.2 Å². The van der Waals surface area contributed by atoms with E-state index >= 15 is 0 Å². The summed E-state index contributed by atoms with van der Waals surface area (Å²) < 4.78 is 1.79. The molecule has 2 amide bonds. The van der Waals surface area contributed by atoms with E-state index in [1.165, 1.54) is 11.8 Å².